The van der Waals surface area contributed by atoms with Gasteiger partial charge in [0.1, 0.15) is 16.8 Å². The molecule has 0 aliphatic carbocycles. The van der Waals surface area contributed by atoms with E-state index in [-0.39, 0.29) is 11.0 Å². The molecule has 0 aliphatic heterocycles. The molecule has 31 heavy (non-hydrogen) atoms. The fourth-order valence-electron chi connectivity index (χ4n) is 3.84. The van der Waals surface area contributed by atoms with Gasteiger partial charge in [0.25, 0.3) is 5.78 Å². The number of carbonyl (C=O) groups is 3. The number of halogens is 3. The molecule has 0 saturated carbocycles. The second-order valence-corrected chi connectivity index (χ2v) is 6.66. The molecule has 0 fully saturated rings. The van der Waals surface area contributed by atoms with Crippen LogP contribution in [0.3, 0.4) is 0 Å². The zero-order valence-electron chi connectivity index (χ0n) is 16.2. The first-order valence-electron chi connectivity index (χ1n) is 8.98. The molecular formula is C22H14F3NO5. The van der Waals surface area contributed by atoms with E-state index in [0.29, 0.717) is 16.2 Å². The van der Waals surface area contributed by atoms with E-state index in [1.54, 1.807) is 42.5 Å². The Balaban J connectivity index is 2.42. The number of hydrogen-bond donors (Lipinski definition) is 0. The van der Waals surface area contributed by atoms with Crippen molar-refractivity contribution in [3.8, 4) is 0 Å². The largest absolute Gasteiger partial charge is 0.465 e. The van der Waals surface area contributed by atoms with Crippen LogP contribution in [0.4, 0.5) is 13.2 Å². The number of rotatable bonds is 3. The second kappa shape index (κ2) is 7.12. The molecule has 0 bridgehead atoms. The molecular weight excluding hydrogens is 415 g/mol. The summed E-state index contributed by atoms with van der Waals surface area (Å²) in [6, 6.07) is 13.1. The Labute approximate surface area is 172 Å². The molecule has 0 aliphatic rings. The quantitative estimate of drug-likeness (QED) is 0.271. The topological polar surface area (TPSA) is 74.1 Å². The Morgan fingerprint density at radius 3 is 1.87 bits per heavy atom. The summed E-state index contributed by atoms with van der Waals surface area (Å²) in [5.41, 5.74) is -2.10. The van der Waals surface area contributed by atoms with Crippen LogP contribution in [0.1, 0.15) is 31.2 Å². The molecule has 6 nitrogen and oxygen atoms in total. The van der Waals surface area contributed by atoms with E-state index in [1.807, 2.05) is 0 Å². The fourth-order valence-corrected chi connectivity index (χ4v) is 3.84. The minimum absolute atomic E-state index is 0.0471. The molecule has 0 amide bonds. The second-order valence-electron chi connectivity index (χ2n) is 6.66. The predicted octanol–water partition coefficient (Wildman–Crippen LogP) is 4.56. The standard InChI is InChI=1S/C22H14F3NO5/c1-30-20(28)15-16(21(29)31-2)18(19(27)22(23,24)25)26-14-10-6-5-8-12(14)11-7-3-4-9-13(11)17(15)26/h3-10H,1-2H3. The maximum absolute atomic E-state index is 13.6. The first kappa shape index (κ1) is 20.4. The lowest BCUT2D eigenvalue weighted by atomic mass is 10.0. The molecule has 0 atom stereocenters. The van der Waals surface area contributed by atoms with Gasteiger partial charge in [-0.2, -0.15) is 13.2 Å². The third kappa shape index (κ3) is 2.92. The van der Waals surface area contributed by atoms with Gasteiger partial charge in [-0.1, -0.05) is 42.5 Å². The summed E-state index contributed by atoms with van der Waals surface area (Å²) < 4.78 is 51.2. The molecule has 4 rings (SSSR count). The van der Waals surface area contributed by atoms with Crippen LogP contribution in [0.15, 0.2) is 48.5 Å². The summed E-state index contributed by atoms with van der Waals surface area (Å²) in [7, 11) is 1.98. The summed E-state index contributed by atoms with van der Waals surface area (Å²) in [5.74, 6) is -4.61. The molecule has 158 valence electrons. The van der Waals surface area contributed by atoms with Crippen molar-refractivity contribution in [3.63, 3.8) is 0 Å². The molecule has 0 spiro atoms. The van der Waals surface area contributed by atoms with E-state index in [9.17, 15) is 27.6 Å². The highest BCUT2D eigenvalue weighted by atomic mass is 19.4. The summed E-state index contributed by atoms with van der Waals surface area (Å²) in [5, 5.41) is 1.52. The Kier molecular flexibility index (Phi) is 4.68. The molecule has 2 aromatic heterocycles. The van der Waals surface area contributed by atoms with E-state index in [1.165, 1.54) is 6.07 Å². The number of fused-ring (bicyclic) bond motifs is 6. The van der Waals surface area contributed by atoms with Gasteiger partial charge >= 0.3 is 18.1 Å². The zero-order chi connectivity index (χ0) is 22.5. The summed E-state index contributed by atoms with van der Waals surface area (Å²) in [4.78, 5) is 37.8. The first-order valence-corrected chi connectivity index (χ1v) is 8.98. The van der Waals surface area contributed by atoms with Crippen LogP contribution in [0.5, 0.6) is 0 Å². The van der Waals surface area contributed by atoms with Crippen molar-refractivity contribution in [2.75, 3.05) is 14.2 Å². The lowest BCUT2D eigenvalue weighted by Gasteiger charge is -2.12. The van der Waals surface area contributed by atoms with Crippen LogP contribution < -0.4 is 0 Å². The number of esters is 2. The zero-order valence-corrected chi connectivity index (χ0v) is 16.2. The molecule has 4 aromatic rings. The van der Waals surface area contributed by atoms with Gasteiger partial charge in [0, 0.05) is 10.8 Å². The number of carbonyl (C=O) groups excluding carboxylic acids is 3. The summed E-state index contributed by atoms with van der Waals surface area (Å²) in [6.45, 7) is 0. The number of Topliss-reactive ketones (excluding diaryl/α,β-unsaturated/α-hetero) is 1. The molecule has 0 N–H and O–H groups in total. The minimum atomic E-state index is -5.31. The lowest BCUT2D eigenvalue weighted by molar-refractivity contribution is -0.0889. The van der Waals surface area contributed by atoms with Gasteiger partial charge < -0.3 is 13.9 Å². The lowest BCUT2D eigenvalue weighted by Crippen LogP contribution is -2.27. The van der Waals surface area contributed by atoms with Crippen molar-refractivity contribution in [3.05, 3.63) is 65.4 Å². The number of aromatic nitrogens is 1. The van der Waals surface area contributed by atoms with Crippen molar-refractivity contribution in [1.29, 1.82) is 0 Å². The Morgan fingerprint density at radius 2 is 1.29 bits per heavy atom. The normalized spacial score (nSPS) is 11.8. The monoisotopic (exact) mass is 429 g/mol. The number of alkyl halides is 3. The van der Waals surface area contributed by atoms with Crippen LogP contribution >= 0.6 is 0 Å². The SMILES string of the molecule is COC(=O)c1c(C(=O)OC)c2c3ccccc3c3ccccc3n2c1C(=O)C(F)(F)F. The number of hydrogen-bond acceptors (Lipinski definition) is 5. The molecule has 9 heteroatoms. The summed E-state index contributed by atoms with van der Waals surface area (Å²) in [6.07, 6.45) is -5.31. The smallest absolute Gasteiger partial charge is 0.456 e. The number of benzene rings is 2. The average Bonchev–Trinajstić information content (AvgIpc) is 3.13. The average molecular weight is 429 g/mol. The highest BCUT2D eigenvalue weighted by Crippen LogP contribution is 2.38. The fraction of sp³-hybridized carbons (Fsp3) is 0.136. The van der Waals surface area contributed by atoms with Crippen LogP contribution in [-0.2, 0) is 9.47 Å². The molecule has 0 saturated heterocycles. The van der Waals surface area contributed by atoms with Crippen molar-refractivity contribution in [2.24, 2.45) is 0 Å². The third-order valence-corrected chi connectivity index (χ3v) is 5.04. The number of nitrogens with zero attached hydrogens (tertiary/aromatic N) is 1. The van der Waals surface area contributed by atoms with Gasteiger partial charge in [0.15, 0.2) is 0 Å². The van der Waals surface area contributed by atoms with Gasteiger partial charge in [-0.3, -0.25) is 4.79 Å². The highest BCUT2D eigenvalue weighted by molar-refractivity contribution is 6.24. The maximum Gasteiger partial charge on any atom is 0.456 e. The molecule has 0 unspecified atom stereocenters. The Morgan fingerprint density at radius 1 is 0.774 bits per heavy atom. The van der Waals surface area contributed by atoms with Crippen LogP contribution in [0.25, 0.3) is 27.2 Å². The van der Waals surface area contributed by atoms with E-state index < -0.39 is 40.7 Å². The van der Waals surface area contributed by atoms with E-state index in [2.05, 4.69) is 4.74 Å². The number of ketones is 1. The Bertz CT molecular complexity index is 1400. The Hall–Kier alpha value is -3.88. The van der Waals surface area contributed by atoms with Crippen molar-refractivity contribution in [1.82, 2.24) is 4.40 Å². The molecule has 0 radical (unpaired) electrons. The third-order valence-electron chi connectivity index (χ3n) is 5.04. The number of ether oxygens (including phenoxy) is 2. The first-order chi connectivity index (χ1) is 14.7. The van der Waals surface area contributed by atoms with Gasteiger partial charge in [0.05, 0.1) is 25.3 Å². The molecule has 2 aromatic carbocycles. The van der Waals surface area contributed by atoms with Gasteiger partial charge in [-0.05, 0) is 11.5 Å². The van der Waals surface area contributed by atoms with Crippen molar-refractivity contribution in [2.45, 2.75) is 6.18 Å². The number of para-hydroxylation sites is 1. The number of methoxy groups -OCH3 is 2. The van der Waals surface area contributed by atoms with Crippen LogP contribution in [-0.4, -0.2) is 42.5 Å². The highest BCUT2D eigenvalue weighted by Gasteiger charge is 2.46. The van der Waals surface area contributed by atoms with E-state index >= 15 is 0 Å². The number of pyridine rings is 1. The van der Waals surface area contributed by atoms with Crippen molar-refractivity contribution >= 4 is 44.9 Å². The van der Waals surface area contributed by atoms with Crippen LogP contribution in [0.2, 0.25) is 0 Å². The van der Waals surface area contributed by atoms with Gasteiger partial charge in [0.2, 0.25) is 0 Å². The van der Waals surface area contributed by atoms with E-state index in [4.69, 9.17) is 4.74 Å². The predicted molar refractivity (Wildman–Crippen MR) is 105 cm³/mol. The van der Waals surface area contributed by atoms with Gasteiger partial charge in [-0.15, -0.1) is 0 Å². The molecule has 2 heterocycles. The van der Waals surface area contributed by atoms with E-state index in [0.717, 1.165) is 18.6 Å². The van der Waals surface area contributed by atoms with Gasteiger partial charge in [-0.25, -0.2) is 9.59 Å². The van der Waals surface area contributed by atoms with Crippen molar-refractivity contribution < 1.29 is 37.0 Å². The van der Waals surface area contributed by atoms with Crippen LogP contribution in [0, 0.1) is 0 Å². The maximum atomic E-state index is 13.6. The summed E-state index contributed by atoms with van der Waals surface area (Å²) >= 11 is 0. The minimum Gasteiger partial charge on any atom is -0.465 e.